The van der Waals surface area contributed by atoms with Gasteiger partial charge in [0.2, 0.25) is 0 Å². The van der Waals surface area contributed by atoms with Crippen LogP contribution in [-0.2, 0) is 14.6 Å². The van der Waals surface area contributed by atoms with Crippen molar-refractivity contribution in [3.8, 4) is 0 Å². The molecule has 4 nitrogen and oxygen atoms in total. The molecule has 1 saturated heterocycles. The summed E-state index contributed by atoms with van der Waals surface area (Å²) in [4.78, 5) is 0. The third-order valence-electron chi connectivity index (χ3n) is 4.73. The number of morpholine rings is 1. The maximum atomic E-state index is 15.0. The van der Waals surface area contributed by atoms with Crippen LogP contribution in [0.3, 0.4) is 0 Å². The van der Waals surface area contributed by atoms with Crippen LogP contribution in [0.25, 0.3) is 0 Å². The quantitative estimate of drug-likeness (QED) is 0.859. The Kier molecular flexibility index (Phi) is 5.08. The van der Waals surface area contributed by atoms with Crippen molar-refractivity contribution in [2.24, 2.45) is 5.92 Å². The zero-order chi connectivity index (χ0) is 14.8. The highest BCUT2D eigenvalue weighted by atomic mass is 32.2. The predicted molar refractivity (Wildman–Crippen MR) is 77.3 cm³/mol. The van der Waals surface area contributed by atoms with Crippen LogP contribution in [-0.4, -0.2) is 51.4 Å². The summed E-state index contributed by atoms with van der Waals surface area (Å²) in [6.07, 6.45) is 4.39. The number of rotatable bonds is 4. The Morgan fingerprint density at radius 1 is 1.40 bits per heavy atom. The lowest BCUT2D eigenvalue weighted by molar-refractivity contribution is 0.0163. The molecule has 2 aliphatic rings. The smallest absolute Gasteiger partial charge is 0.150 e. The monoisotopic (exact) mass is 307 g/mol. The summed E-state index contributed by atoms with van der Waals surface area (Å²) < 4.78 is 43.8. The van der Waals surface area contributed by atoms with Crippen LogP contribution < -0.4 is 5.32 Å². The third kappa shape index (κ3) is 4.15. The van der Waals surface area contributed by atoms with Gasteiger partial charge in [-0.1, -0.05) is 6.42 Å². The first-order valence-electron chi connectivity index (χ1n) is 7.48. The van der Waals surface area contributed by atoms with Gasteiger partial charge in [0, 0.05) is 18.8 Å². The van der Waals surface area contributed by atoms with E-state index in [4.69, 9.17) is 4.74 Å². The summed E-state index contributed by atoms with van der Waals surface area (Å²) in [5, 5.41) is 2.90. The van der Waals surface area contributed by atoms with E-state index in [1.165, 1.54) is 6.26 Å². The van der Waals surface area contributed by atoms with Gasteiger partial charge in [0.05, 0.1) is 18.5 Å². The van der Waals surface area contributed by atoms with Crippen molar-refractivity contribution in [2.45, 2.75) is 56.0 Å². The zero-order valence-corrected chi connectivity index (χ0v) is 13.2. The van der Waals surface area contributed by atoms with E-state index in [9.17, 15) is 8.42 Å². The highest BCUT2D eigenvalue weighted by Gasteiger charge is 2.41. The second kappa shape index (κ2) is 6.28. The maximum absolute atomic E-state index is 15.0. The van der Waals surface area contributed by atoms with Crippen molar-refractivity contribution < 1.29 is 17.5 Å². The van der Waals surface area contributed by atoms with Crippen LogP contribution >= 0.6 is 0 Å². The van der Waals surface area contributed by atoms with Crippen LogP contribution in [0.15, 0.2) is 0 Å². The fourth-order valence-corrected chi connectivity index (χ4v) is 4.66. The molecule has 2 rings (SSSR count). The van der Waals surface area contributed by atoms with Gasteiger partial charge in [-0.25, -0.2) is 12.8 Å². The zero-order valence-electron chi connectivity index (χ0n) is 12.4. The van der Waals surface area contributed by atoms with Crippen LogP contribution in [0.5, 0.6) is 0 Å². The van der Waals surface area contributed by atoms with Gasteiger partial charge >= 0.3 is 0 Å². The summed E-state index contributed by atoms with van der Waals surface area (Å²) in [5.74, 6) is -0.167. The molecule has 1 N–H and O–H groups in total. The molecule has 4 unspecified atom stereocenters. The lowest BCUT2D eigenvalue weighted by atomic mass is 9.76. The van der Waals surface area contributed by atoms with Gasteiger partial charge in [0.1, 0.15) is 15.5 Å². The van der Waals surface area contributed by atoms with Crippen molar-refractivity contribution in [3.63, 3.8) is 0 Å². The Labute approximate surface area is 121 Å². The number of nitrogens with one attached hydrogen (secondary N) is 1. The molecule has 0 radical (unpaired) electrons. The fourth-order valence-electron chi connectivity index (χ4n) is 3.48. The Hall–Kier alpha value is -0.200. The van der Waals surface area contributed by atoms with Gasteiger partial charge in [0.15, 0.2) is 0 Å². The van der Waals surface area contributed by atoms with Gasteiger partial charge in [0.25, 0.3) is 0 Å². The van der Waals surface area contributed by atoms with Gasteiger partial charge in [-0.15, -0.1) is 0 Å². The minimum Gasteiger partial charge on any atom is -0.379 e. The van der Waals surface area contributed by atoms with E-state index in [0.29, 0.717) is 32.5 Å². The molecule has 1 saturated carbocycles. The van der Waals surface area contributed by atoms with E-state index >= 15 is 4.39 Å². The number of ether oxygens (including phenoxy) is 1. The molecule has 6 heteroatoms. The summed E-state index contributed by atoms with van der Waals surface area (Å²) >= 11 is 0. The molecule has 0 spiro atoms. The number of hydrogen-bond acceptors (Lipinski definition) is 4. The van der Waals surface area contributed by atoms with Crippen molar-refractivity contribution in [2.75, 3.05) is 26.0 Å². The van der Waals surface area contributed by atoms with Gasteiger partial charge < -0.3 is 10.1 Å². The predicted octanol–water partition coefficient (Wildman–Crippen LogP) is 1.70. The van der Waals surface area contributed by atoms with Gasteiger partial charge in [-0.3, -0.25) is 0 Å². The second-order valence-electron chi connectivity index (χ2n) is 6.52. The first-order valence-corrected chi connectivity index (χ1v) is 9.43. The maximum Gasteiger partial charge on any atom is 0.150 e. The molecular weight excluding hydrogens is 281 g/mol. The van der Waals surface area contributed by atoms with E-state index in [2.05, 4.69) is 5.32 Å². The van der Waals surface area contributed by atoms with Crippen molar-refractivity contribution >= 4 is 9.84 Å². The van der Waals surface area contributed by atoms with E-state index < -0.39 is 15.5 Å². The Bertz CT molecular complexity index is 418. The molecule has 0 aromatic heterocycles. The minimum absolute atomic E-state index is 0.0392. The molecule has 1 aliphatic carbocycles. The lowest BCUT2D eigenvalue weighted by Gasteiger charge is -2.39. The SMILES string of the molecule is CC(F)(CC1COCCN1)C1CCCC(S(C)(=O)=O)C1. The lowest BCUT2D eigenvalue weighted by Crippen LogP contribution is -2.48. The molecule has 1 aliphatic heterocycles. The molecule has 0 aromatic rings. The van der Waals surface area contributed by atoms with Crippen molar-refractivity contribution in [1.29, 1.82) is 0 Å². The first kappa shape index (κ1) is 16.2. The molecule has 0 amide bonds. The topological polar surface area (TPSA) is 55.4 Å². The van der Waals surface area contributed by atoms with Crippen LogP contribution in [0.2, 0.25) is 0 Å². The molecule has 0 aromatic carbocycles. The number of halogens is 1. The Morgan fingerprint density at radius 2 is 2.15 bits per heavy atom. The van der Waals surface area contributed by atoms with E-state index in [-0.39, 0.29) is 17.2 Å². The normalized spacial score (nSPS) is 35.5. The Morgan fingerprint density at radius 3 is 2.75 bits per heavy atom. The number of alkyl halides is 1. The highest BCUT2D eigenvalue weighted by molar-refractivity contribution is 7.91. The number of sulfone groups is 1. The minimum atomic E-state index is -3.06. The summed E-state index contributed by atoms with van der Waals surface area (Å²) in [7, 11) is -3.06. The highest BCUT2D eigenvalue weighted by Crippen LogP contribution is 2.40. The van der Waals surface area contributed by atoms with Crippen molar-refractivity contribution in [3.05, 3.63) is 0 Å². The molecule has 0 bridgehead atoms. The summed E-state index contributed by atoms with van der Waals surface area (Å²) in [5.41, 5.74) is -1.33. The molecule has 1 heterocycles. The fraction of sp³-hybridized carbons (Fsp3) is 1.00. The van der Waals surface area contributed by atoms with Crippen LogP contribution in [0, 0.1) is 5.92 Å². The average molecular weight is 307 g/mol. The molecule has 118 valence electrons. The van der Waals surface area contributed by atoms with Crippen LogP contribution in [0.4, 0.5) is 4.39 Å². The second-order valence-corrected chi connectivity index (χ2v) is 8.85. The largest absolute Gasteiger partial charge is 0.379 e. The van der Waals surface area contributed by atoms with Crippen molar-refractivity contribution in [1.82, 2.24) is 5.32 Å². The van der Waals surface area contributed by atoms with Gasteiger partial charge in [-0.2, -0.15) is 0 Å². The summed E-state index contributed by atoms with van der Waals surface area (Å²) in [6, 6.07) is 0.0392. The first-order chi connectivity index (χ1) is 9.29. The molecular formula is C14H26FNO3S. The Balaban J connectivity index is 1.97. The third-order valence-corrected chi connectivity index (χ3v) is 6.37. The van der Waals surface area contributed by atoms with Gasteiger partial charge in [-0.05, 0) is 38.5 Å². The standard InChI is InChI=1S/C14H26FNO3S/c1-14(15,9-12-10-19-7-6-16-12)11-4-3-5-13(8-11)20(2,17)18/h11-13,16H,3-10H2,1-2H3. The summed E-state index contributed by atoms with van der Waals surface area (Å²) in [6.45, 7) is 3.61. The van der Waals surface area contributed by atoms with E-state index in [1.54, 1.807) is 6.92 Å². The molecule has 20 heavy (non-hydrogen) atoms. The molecule has 2 fully saturated rings. The average Bonchev–Trinajstić information content (AvgIpc) is 2.38. The van der Waals surface area contributed by atoms with E-state index in [0.717, 1.165) is 19.4 Å². The van der Waals surface area contributed by atoms with Crippen LogP contribution in [0.1, 0.15) is 39.0 Å². The van der Waals surface area contributed by atoms with E-state index in [1.807, 2.05) is 0 Å². The number of hydrogen-bond donors (Lipinski definition) is 1. The molecule has 4 atom stereocenters.